The number of H-pyrrole nitrogens is 1. The van der Waals surface area contributed by atoms with Crippen LogP contribution in [0.4, 0.5) is 0 Å². The number of hydrogen-bond donors (Lipinski definition) is 2. The summed E-state index contributed by atoms with van der Waals surface area (Å²) in [5.41, 5.74) is 0.252. The van der Waals surface area contributed by atoms with Crippen molar-refractivity contribution in [2.45, 2.75) is 57.5 Å². The number of ketones is 1. The lowest BCUT2D eigenvalue weighted by molar-refractivity contribution is -0.119. The average Bonchev–Trinajstić information content (AvgIpc) is 3.02. The first kappa shape index (κ1) is 20.5. The first-order valence-corrected chi connectivity index (χ1v) is 9.69. The zero-order valence-electron chi connectivity index (χ0n) is 15.6. The van der Waals surface area contributed by atoms with Crippen LogP contribution < -0.4 is 11.2 Å². The number of benzene rings is 1. The van der Waals surface area contributed by atoms with E-state index in [9.17, 15) is 19.5 Å². The lowest BCUT2D eigenvalue weighted by Gasteiger charge is -2.16. The van der Waals surface area contributed by atoms with Crippen molar-refractivity contribution in [3.8, 4) is 0 Å². The van der Waals surface area contributed by atoms with Crippen LogP contribution in [0.5, 0.6) is 0 Å². The standard InChI is InChI=1S/C20H23ClN2O5/c1-2-12-11-23(20(27)22-19(12)26)18-10-16(25)17(28-18)8-7-14(24)9-13-5-3-4-6-15(13)21/h3-6,11,16-18,25H,2,7-10H2,1H3,(H,22,26,27)/t16?,17-,18-/m0/s1. The topological polar surface area (TPSA) is 101 Å². The zero-order valence-corrected chi connectivity index (χ0v) is 16.3. The van der Waals surface area contributed by atoms with Crippen molar-refractivity contribution in [2.75, 3.05) is 0 Å². The van der Waals surface area contributed by atoms with Crippen molar-refractivity contribution in [2.24, 2.45) is 0 Å². The Balaban J connectivity index is 1.61. The number of ether oxygens (including phenoxy) is 1. The molecule has 2 heterocycles. The number of carbonyl (C=O) groups is 1. The molecule has 0 saturated carbocycles. The number of aromatic amines is 1. The SMILES string of the molecule is CCc1cn([C@@H]2CC(O)[C@H](CCC(=O)Cc3ccccc3Cl)O2)c(=O)[nH]c1=O. The Bertz CT molecular complexity index is 968. The third kappa shape index (κ3) is 4.60. The minimum atomic E-state index is -0.790. The predicted octanol–water partition coefficient (Wildman–Crippen LogP) is 1.99. The van der Waals surface area contributed by atoms with E-state index < -0.39 is 29.7 Å². The molecule has 7 nitrogen and oxygen atoms in total. The summed E-state index contributed by atoms with van der Waals surface area (Å²) in [6, 6.07) is 7.19. The minimum absolute atomic E-state index is 0.00169. The van der Waals surface area contributed by atoms with E-state index in [0.29, 0.717) is 23.4 Å². The van der Waals surface area contributed by atoms with Crippen molar-refractivity contribution in [3.05, 3.63) is 67.4 Å². The van der Waals surface area contributed by atoms with Crippen LogP contribution in [-0.4, -0.2) is 32.6 Å². The summed E-state index contributed by atoms with van der Waals surface area (Å²) in [7, 11) is 0. The van der Waals surface area contributed by atoms with Crippen molar-refractivity contribution in [1.29, 1.82) is 0 Å². The van der Waals surface area contributed by atoms with E-state index in [2.05, 4.69) is 4.98 Å². The molecule has 0 aliphatic carbocycles. The maximum absolute atomic E-state index is 12.3. The molecular formula is C20H23ClN2O5. The van der Waals surface area contributed by atoms with Gasteiger partial charge in [-0.05, 0) is 24.5 Å². The Labute approximate surface area is 166 Å². The number of aromatic nitrogens is 2. The summed E-state index contributed by atoms with van der Waals surface area (Å²) >= 11 is 6.08. The number of halogens is 1. The highest BCUT2D eigenvalue weighted by Gasteiger charge is 2.35. The second-order valence-electron chi connectivity index (χ2n) is 6.95. The third-order valence-electron chi connectivity index (χ3n) is 4.99. The molecule has 0 radical (unpaired) electrons. The quantitative estimate of drug-likeness (QED) is 0.732. The number of hydrogen-bond acceptors (Lipinski definition) is 5. The lowest BCUT2D eigenvalue weighted by Crippen LogP contribution is -2.34. The van der Waals surface area contributed by atoms with Gasteiger partial charge in [0.2, 0.25) is 0 Å². The van der Waals surface area contributed by atoms with Crippen molar-refractivity contribution < 1.29 is 14.6 Å². The zero-order chi connectivity index (χ0) is 20.3. The fourth-order valence-electron chi connectivity index (χ4n) is 3.38. The summed E-state index contributed by atoms with van der Waals surface area (Å²) in [6.45, 7) is 1.82. The van der Waals surface area contributed by atoms with E-state index in [1.807, 2.05) is 25.1 Å². The van der Waals surface area contributed by atoms with Gasteiger partial charge in [-0.2, -0.15) is 0 Å². The second kappa shape index (κ2) is 8.86. The van der Waals surface area contributed by atoms with E-state index in [1.54, 1.807) is 6.07 Å². The number of rotatable bonds is 7. The maximum Gasteiger partial charge on any atom is 0.330 e. The van der Waals surface area contributed by atoms with Gasteiger partial charge in [0.15, 0.2) is 0 Å². The molecule has 0 amide bonds. The Morgan fingerprint density at radius 1 is 1.32 bits per heavy atom. The molecule has 2 aromatic rings. The van der Waals surface area contributed by atoms with Gasteiger partial charge in [-0.25, -0.2) is 4.79 Å². The number of aryl methyl sites for hydroxylation is 1. The number of nitrogens with zero attached hydrogens (tertiary/aromatic N) is 1. The molecule has 1 aliphatic heterocycles. The molecule has 28 heavy (non-hydrogen) atoms. The van der Waals surface area contributed by atoms with Crippen LogP contribution in [0.25, 0.3) is 0 Å². The molecule has 0 bridgehead atoms. The van der Waals surface area contributed by atoms with E-state index >= 15 is 0 Å². The fourth-order valence-corrected chi connectivity index (χ4v) is 3.59. The van der Waals surface area contributed by atoms with E-state index in [4.69, 9.17) is 16.3 Å². The highest BCUT2D eigenvalue weighted by Crippen LogP contribution is 2.30. The summed E-state index contributed by atoms with van der Waals surface area (Å²) in [5.74, 6) is 0.00169. The van der Waals surface area contributed by atoms with Crippen LogP contribution in [0.15, 0.2) is 40.1 Å². The van der Waals surface area contributed by atoms with Gasteiger partial charge in [0.25, 0.3) is 5.56 Å². The van der Waals surface area contributed by atoms with Crippen LogP contribution in [0.3, 0.4) is 0 Å². The van der Waals surface area contributed by atoms with Gasteiger partial charge in [0.05, 0.1) is 12.2 Å². The Hall–Kier alpha value is -2.22. The summed E-state index contributed by atoms with van der Waals surface area (Å²) in [4.78, 5) is 38.3. The van der Waals surface area contributed by atoms with Gasteiger partial charge in [0.1, 0.15) is 12.0 Å². The van der Waals surface area contributed by atoms with Crippen LogP contribution in [0.1, 0.15) is 43.5 Å². The Kier molecular flexibility index (Phi) is 6.49. The highest BCUT2D eigenvalue weighted by molar-refractivity contribution is 6.31. The largest absolute Gasteiger partial charge is 0.390 e. The first-order chi connectivity index (χ1) is 13.4. The normalized spacial score (nSPS) is 21.8. The number of carbonyl (C=O) groups excluding carboxylic acids is 1. The second-order valence-corrected chi connectivity index (χ2v) is 7.36. The fraction of sp³-hybridized carbons (Fsp3) is 0.450. The van der Waals surface area contributed by atoms with Crippen molar-refractivity contribution >= 4 is 17.4 Å². The predicted molar refractivity (Wildman–Crippen MR) is 105 cm³/mol. The van der Waals surface area contributed by atoms with E-state index in [1.165, 1.54) is 10.8 Å². The third-order valence-corrected chi connectivity index (χ3v) is 5.36. The van der Waals surface area contributed by atoms with Crippen LogP contribution >= 0.6 is 11.6 Å². The van der Waals surface area contributed by atoms with Gasteiger partial charge in [-0.3, -0.25) is 19.1 Å². The van der Waals surface area contributed by atoms with E-state index in [0.717, 1.165) is 5.56 Å². The molecular weight excluding hydrogens is 384 g/mol. The number of aliphatic hydroxyl groups is 1. The van der Waals surface area contributed by atoms with Crippen molar-refractivity contribution in [3.63, 3.8) is 0 Å². The molecule has 8 heteroatoms. The molecule has 3 atom stereocenters. The number of nitrogens with one attached hydrogen (secondary N) is 1. The minimum Gasteiger partial charge on any atom is -0.390 e. The van der Waals surface area contributed by atoms with Gasteiger partial charge in [-0.1, -0.05) is 36.7 Å². The summed E-state index contributed by atoms with van der Waals surface area (Å²) in [5, 5.41) is 10.8. The molecule has 1 unspecified atom stereocenters. The molecule has 1 aliphatic rings. The molecule has 1 aromatic carbocycles. The van der Waals surface area contributed by atoms with Gasteiger partial charge in [-0.15, -0.1) is 0 Å². The van der Waals surface area contributed by atoms with Crippen LogP contribution in [0, 0.1) is 0 Å². The smallest absolute Gasteiger partial charge is 0.330 e. The van der Waals surface area contributed by atoms with Crippen molar-refractivity contribution in [1.82, 2.24) is 9.55 Å². The molecule has 1 fully saturated rings. The summed E-state index contributed by atoms with van der Waals surface area (Å²) < 4.78 is 7.12. The van der Waals surface area contributed by atoms with Crippen LogP contribution in [-0.2, 0) is 22.4 Å². The molecule has 0 spiro atoms. The lowest BCUT2D eigenvalue weighted by atomic mass is 10.0. The monoisotopic (exact) mass is 406 g/mol. The number of Topliss-reactive ketones (excluding diaryl/α,β-unsaturated/α-hetero) is 1. The molecule has 150 valence electrons. The molecule has 1 saturated heterocycles. The maximum atomic E-state index is 12.3. The number of aliphatic hydroxyl groups excluding tert-OH is 1. The van der Waals surface area contributed by atoms with E-state index in [-0.39, 0.29) is 25.0 Å². The van der Waals surface area contributed by atoms with Gasteiger partial charge >= 0.3 is 5.69 Å². The van der Waals surface area contributed by atoms with Gasteiger partial charge < -0.3 is 9.84 Å². The molecule has 3 rings (SSSR count). The molecule has 1 aromatic heterocycles. The highest BCUT2D eigenvalue weighted by atomic mass is 35.5. The Morgan fingerprint density at radius 3 is 2.79 bits per heavy atom. The van der Waals surface area contributed by atoms with Gasteiger partial charge in [0, 0.05) is 36.0 Å². The summed E-state index contributed by atoms with van der Waals surface area (Å²) in [6.07, 6.45) is 0.970. The molecule has 2 N–H and O–H groups in total. The van der Waals surface area contributed by atoms with Crippen LogP contribution in [0.2, 0.25) is 5.02 Å². The first-order valence-electron chi connectivity index (χ1n) is 9.32. The average molecular weight is 407 g/mol. The Morgan fingerprint density at radius 2 is 2.07 bits per heavy atom.